The van der Waals surface area contributed by atoms with Gasteiger partial charge in [0, 0.05) is 0 Å². The van der Waals surface area contributed by atoms with Gasteiger partial charge in [0.05, 0.1) is 15.7 Å². The summed E-state index contributed by atoms with van der Waals surface area (Å²) in [6.07, 6.45) is -0.299. The van der Waals surface area contributed by atoms with Crippen molar-refractivity contribution in [2.24, 2.45) is 0 Å². The van der Waals surface area contributed by atoms with Crippen LogP contribution >= 0.6 is 23.5 Å². The van der Waals surface area contributed by atoms with Crippen LogP contribution in [0.25, 0.3) is 0 Å². The molecule has 1 aliphatic rings. The van der Waals surface area contributed by atoms with Gasteiger partial charge in [-0.25, -0.2) is 8.42 Å². The summed E-state index contributed by atoms with van der Waals surface area (Å²) in [6.45, 7) is 3.35. The second-order valence-corrected chi connectivity index (χ2v) is 7.29. The maximum absolute atomic E-state index is 11.5. The smallest absolute Gasteiger partial charge is 0.321 e. The van der Waals surface area contributed by atoms with Gasteiger partial charge in [-0.1, -0.05) is 23.5 Å². The van der Waals surface area contributed by atoms with E-state index in [0.717, 1.165) is 5.41 Å². The Morgan fingerprint density at radius 1 is 1.44 bits per heavy atom. The molecule has 0 aromatic heterocycles. The van der Waals surface area contributed by atoms with Crippen LogP contribution in [0.3, 0.4) is 0 Å². The molecule has 1 heterocycles. The topological polar surface area (TPSA) is 60.4 Å². The standard InChI is InChI=1S/C9H12O4S3/c1-7(2)13-8(10)5-16(11,12)6-9-14-3-4-15-9/h3-4,6-7H,5H2,1-2H3. The molecule has 0 aromatic carbocycles. The van der Waals surface area contributed by atoms with E-state index in [4.69, 9.17) is 4.74 Å². The predicted molar refractivity (Wildman–Crippen MR) is 67.4 cm³/mol. The van der Waals surface area contributed by atoms with E-state index in [2.05, 4.69) is 0 Å². The summed E-state index contributed by atoms with van der Waals surface area (Å²) < 4.78 is 28.5. The Hall–Kier alpha value is -0.400. The lowest BCUT2D eigenvalue weighted by Crippen LogP contribution is -2.20. The zero-order valence-corrected chi connectivity index (χ0v) is 11.3. The average molecular weight is 280 g/mol. The van der Waals surface area contributed by atoms with Gasteiger partial charge in [-0.05, 0) is 24.7 Å². The van der Waals surface area contributed by atoms with Crippen molar-refractivity contribution in [3.8, 4) is 0 Å². The predicted octanol–water partition coefficient (Wildman–Crippen LogP) is 2.10. The fraction of sp³-hybridized carbons (Fsp3) is 0.444. The van der Waals surface area contributed by atoms with E-state index in [1.165, 1.54) is 23.5 Å². The molecule has 7 heteroatoms. The Bertz CT molecular complexity index is 410. The molecule has 0 bridgehead atoms. The van der Waals surface area contributed by atoms with E-state index < -0.39 is 21.6 Å². The van der Waals surface area contributed by atoms with Crippen molar-refractivity contribution in [3.63, 3.8) is 0 Å². The zero-order chi connectivity index (χ0) is 12.2. The minimum atomic E-state index is -3.53. The summed E-state index contributed by atoms with van der Waals surface area (Å²) in [4.78, 5) is 11.2. The molecule has 1 rings (SSSR count). The van der Waals surface area contributed by atoms with Crippen molar-refractivity contribution in [2.75, 3.05) is 5.75 Å². The van der Waals surface area contributed by atoms with Crippen LogP contribution in [0, 0.1) is 0 Å². The van der Waals surface area contributed by atoms with E-state index in [1.54, 1.807) is 24.7 Å². The van der Waals surface area contributed by atoms with Crippen LogP contribution in [0.5, 0.6) is 0 Å². The van der Waals surface area contributed by atoms with Crippen LogP contribution in [-0.2, 0) is 19.4 Å². The molecule has 0 radical (unpaired) electrons. The molecule has 1 aliphatic heterocycles. The first-order valence-electron chi connectivity index (χ1n) is 4.51. The van der Waals surface area contributed by atoms with Crippen LogP contribution in [-0.4, -0.2) is 26.2 Å². The third kappa shape index (κ3) is 5.09. The second-order valence-electron chi connectivity index (χ2n) is 3.29. The summed E-state index contributed by atoms with van der Waals surface area (Å²) >= 11 is 2.64. The number of hydrogen-bond acceptors (Lipinski definition) is 6. The van der Waals surface area contributed by atoms with Crippen molar-refractivity contribution in [3.05, 3.63) is 20.5 Å². The molecule has 0 unspecified atom stereocenters. The number of sulfone groups is 1. The number of carbonyl (C=O) groups excluding carboxylic acids is 1. The van der Waals surface area contributed by atoms with Crippen molar-refractivity contribution in [2.45, 2.75) is 20.0 Å². The summed E-state index contributed by atoms with van der Waals surface area (Å²) in [5.41, 5.74) is 0. The highest BCUT2D eigenvalue weighted by molar-refractivity contribution is 8.28. The van der Waals surface area contributed by atoms with Crippen molar-refractivity contribution in [1.29, 1.82) is 0 Å². The summed E-state index contributed by atoms with van der Waals surface area (Å²) in [6, 6.07) is 0. The fourth-order valence-corrected chi connectivity index (χ4v) is 4.29. The summed E-state index contributed by atoms with van der Waals surface area (Å²) in [5, 5.41) is 4.70. The monoisotopic (exact) mass is 280 g/mol. The van der Waals surface area contributed by atoms with E-state index in [-0.39, 0.29) is 6.10 Å². The maximum Gasteiger partial charge on any atom is 0.321 e. The lowest BCUT2D eigenvalue weighted by atomic mass is 10.5. The van der Waals surface area contributed by atoms with Gasteiger partial charge in [0.25, 0.3) is 0 Å². The van der Waals surface area contributed by atoms with Gasteiger partial charge >= 0.3 is 5.97 Å². The molecule has 90 valence electrons. The third-order valence-corrected chi connectivity index (χ3v) is 4.91. The Morgan fingerprint density at radius 2 is 2.00 bits per heavy atom. The van der Waals surface area contributed by atoms with Gasteiger partial charge in [0.1, 0.15) is 0 Å². The fourth-order valence-electron chi connectivity index (χ4n) is 0.922. The largest absolute Gasteiger partial charge is 0.462 e. The zero-order valence-electron chi connectivity index (χ0n) is 8.87. The number of ether oxygens (including phenoxy) is 1. The first-order valence-corrected chi connectivity index (χ1v) is 7.99. The van der Waals surface area contributed by atoms with E-state index in [0.29, 0.717) is 4.24 Å². The van der Waals surface area contributed by atoms with Crippen LogP contribution in [0.4, 0.5) is 0 Å². The molecule has 4 nitrogen and oxygen atoms in total. The van der Waals surface area contributed by atoms with Gasteiger partial charge in [0.2, 0.25) is 0 Å². The third-order valence-electron chi connectivity index (χ3n) is 1.39. The molecule has 0 saturated carbocycles. The van der Waals surface area contributed by atoms with Crippen LogP contribution in [0.2, 0.25) is 0 Å². The Labute approximate surface area is 103 Å². The first-order chi connectivity index (χ1) is 7.39. The molecule has 0 fully saturated rings. The SMILES string of the molecule is CC(C)OC(=O)CS(=O)(=O)C=C1SC=CS1. The Morgan fingerprint density at radius 3 is 2.50 bits per heavy atom. The molecule has 0 spiro atoms. The van der Waals surface area contributed by atoms with E-state index in [1.807, 2.05) is 0 Å². The van der Waals surface area contributed by atoms with Gasteiger partial charge in [-0.2, -0.15) is 0 Å². The number of thioether (sulfide) groups is 2. The molecule has 0 atom stereocenters. The summed E-state index contributed by atoms with van der Waals surface area (Å²) in [5.74, 6) is -1.32. The molecular weight excluding hydrogens is 268 g/mol. The molecule has 0 aromatic rings. The van der Waals surface area contributed by atoms with Crippen molar-refractivity contribution >= 4 is 39.3 Å². The lowest BCUT2D eigenvalue weighted by molar-refractivity contribution is -0.144. The number of esters is 1. The number of hydrogen-bond donors (Lipinski definition) is 0. The lowest BCUT2D eigenvalue weighted by Gasteiger charge is -2.06. The van der Waals surface area contributed by atoms with Gasteiger partial charge in [-0.15, -0.1) is 0 Å². The highest BCUT2D eigenvalue weighted by Crippen LogP contribution is 2.37. The molecule has 0 aliphatic carbocycles. The van der Waals surface area contributed by atoms with Crippen LogP contribution in [0.1, 0.15) is 13.8 Å². The maximum atomic E-state index is 11.5. The molecule has 0 N–H and O–H groups in total. The van der Waals surface area contributed by atoms with Gasteiger partial charge in [-0.3, -0.25) is 4.79 Å². The normalized spacial score (nSPS) is 15.6. The molecule has 16 heavy (non-hydrogen) atoms. The van der Waals surface area contributed by atoms with E-state index >= 15 is 0 Å². The minimum Gasteiger partial charge on any atom is -0.462 e. The molecule has 0 saturated heterocycles. The highest BCUT2D eigenvalue weighted by Gasteiger charge is 2.18. The molecular formula is C9H12O4S3. The van der Waals surface area contributed by atoms with E-state index in [9.17, 15) is 13.2 Å². The quantitative estimate of drug-likeness (QED) is 0.735. The first kappa shape index (κ1) is 13.7. The number of carbonyl (C=O) groups is 1. The van der Waals surface area contributed by atoms with Gasteiger partial charge < -0.3 is 4.74 Å². The highest BCUT2D eigenvalue weighted by atomic mass is 32.2. The van der Waals surface area contributed by atoms with Gasteiger partial charge in [0.15, 0.2) is 15.6 Å². The Balaban J connectivity index is 2.58. The Kier molecular flexibility index (Phi) is 4.94. The minimum absolute atomic E-state index is 0.299. The van der Waals surface area contributed by atoms with Crippen molar-refractivity contribution in [1.82, 2.24) is 0 Å². The molecule has 0 amide bonds. The van der Waals surface area contributed by atoms with Crippen LogP contribution in [0.15, 0.2) is 20.5 Å². The average Bonchev–Trinajstić information content (AvgIpc) is 2.51. The number of rotatable bonds is 4. The van der Waals surface area contributed by atoms with Crippen molar-refractivity contribution < 1.29 is 17.9 Å². The van der Waals surface area contributed by atoms with Crippen LogP contribution < -0.4 is 0 Å². The summed E-state index contributed by atoms with van der Waals surface area (Å²) in [7, 11) is -3.53. The second kappa shape index (κ2) is 5.79.